The molecule has 0 aromatic heterocycles. The first-order valence-electron chi connectivity index (χ1n) is 2.86. The molecule has 66 valence electrons. The Balaban J connectivity index is 0.00000121. The molecule has 1 rings (SSSR count). The van der Waals surface area contributed by atoms with Crippen LogP contribution in [0.15, 0.2) is 24.3 Å². The van der Waals surface area contributed by atoms with Gasteiger partial charge in [0.15, 0.2) is 0 Å². The van der Waals surface area contributed by atoms with Gasteiger partial charge in [-0.05, 0) is 12.1 Å². The molecule has 0 heterocycles. The lowest BCUT2D eigenvalue weighted by atomic mass is 10.2. The number of rotatable bonds is 1. The largest absolute Gasteiger partial charge is 0.374 e. The summed E-state index contributed by atoms with van der Waals surface area (Å²) in [5, 5.41) is 8.26. The van der Waals surface area contributed by atoms with E-state index in [9.17, 15) is 4.79 Å². The molecule has 0 aliphatic rings. The summed E-state index contributed by atoms with van der Waals surface area (Å²) in [6.45, 7) is 0. The van der Waals surface area contributed by atoms with E-state index < -0.39 is 5.97 Å². The molecule has 0 unspecified atom stereocenters. The summed E-state index contributed by atoms with van der Waals surface area (Å²) in [5.41, 5.74) is 0.150. The fraction of sp³-hybridized carbons (Fsp3) is 0.125. The number of carbonyl (C=O) groups excluding carboxylic acids is 1. The van der Waals surface area contributed by atoms with Gasteiger partial charge in [0, 0.05) is 0 Å². The Morgan fingerprint density at radius 1 is 1.42 bits per heavy atom. The summed E-state index contributed by atoms with van der Waals surface area (Å²) in [6.07, 6.45) is 0. The van der Waals surface area contributed by atoms with Crippen LogP contribution in [0.3, 0.4) is 0 Å². The van der Waals surface area contributed by atoms with Gasteiger partial charge < -0.3 is 0 Å². The molecule has 3 nitrogen and oxygen atoms in total. The normalized spacial score (nSPS) is 8.50. The maximum Gasteiger partial charge on any atom is 0.374 e. The topological polar surface area (TPSA) is 46.5 Å². The Labute approximate surface area is 75.5 Å². The zero-order valence-electron chi connectivity index (χ0n) is 5.45. The van der Waals surface area contributed by atoms with Crippen LogP contribution in [0.2, 0.25) is 5.02 Å². The van der Waals surface area contributed by atoms with Crippen molar-refractivity contribution in [3.63, 3.8) is 0 Å². The van der Waals surface area contributed by atoms with Crippen LogP contribution in [0.25, 0.3) is 0 Å². The maximum absolute atomic E-state index is 10.7. The number of hydrogen-bond donors (Lipinski definition) is 1. The third-order valence-corrected chi connectivity index (χ3v) is 1.51. The Morgan fingerprint density at radius 2 is 2.00 bits per heavy atom. The van der Waals surface area contributed by atoms with Gasteiger partial charge in [0.25, 0.3) is 0 Å². The number of halogens is 1. The molecule has 0 spiro atoms. The van der Waals surface area contributed by atoms with E-state index in [1.807, 2.05) is 0 Å². The van der Waals surface area contributed by atoms with Crippen molar-refractivity contribution in [2.75, 3.05) is 0 Å². The van der Waals surface area contributed by atoms with Crippen molar-refractivity contribution in [1.29, 1.82) is 0 Å². The summed E-state index contributed by atoms with van der Waals surface area (Å²) in [7, 11) is 0. The van der Waals surface area contributed by atoms with Crippen molar-refractivity contribution in [1.82, 2.24) is 0 Å². The second kappa shape index (κ2) is 4.74. The van der Waals surface area contributed by atoms with Gasteiger partial charge in [0.05, 0.1) is 10.6 Å². The van der Waals surface area contributed by atoms with Gasteiger partial charge >= 0.3 is 5.97 Å². The minimum absolute atomic E-state index is 0. The molecule has 1 aromatic rings. The molecular weight excluding hydrogens is 180 g/mol. The van der Waals surface area contributed by atoms with Gasteiger partial charge in [-0.1, -0.05) is 31.2 Å². The lowest BCUT2D eigenvalue weighted by molar-refractivity contribution is -0.182. The Hall–Kier alpha value is -1.06. The standard InChI is InChI=1S/C7H5ClO3.CH4/c8-6-4-2-1-3-5(6)7(9)11-10;/h1-4,10H;1H4. The average molecular weight is 189 g/mol. The number of hydrogen-bond acceptors (Lipinski definition) is 3. The van der Waals surface area contributed by atoms with Crippen molar-refractivity contribution in [2.24, 2.45) is 0 Å². The van der Waals surface area contributed by atoms with E-state index in [0.29, 0.717) is 0 Å². The lowest BCUT2D eigenvalue weighted by Gasteiger charge is -1.97. The van der Waals surface area contributed by atoms with Crippen molar-refractivity contribution < 1.29 is 14.9 Å². The Morgan fingerprint density at radius 3 is 2.50 bits per heavy atom. The van der Waals surface area contributed by atoms with E-state index in [1.54, 1.807) is 12.1 Å². The number of carbonyl (C=O) groups is 1. The van der Waals surface area contributed by atoms with Crippen LogP contribution in [0.4, 0.5) is 0 Å². The van der Waals surface area contributed by atoms with E-state index in [1.165, 1.54) is 12.1 Å². The van der Waals surface area contributed by atoms with Crippen LogP contribution in [0.5, 0.6) is 0 Å². The minimum Gasteiger partial charge on any atom is -0.295 e. The van der Waals surface area contributed by atoms with Crippen LogP contribution < -0.4 is 0 Å². The van der Waals surface area contributed by atoms with Crippen molar-refractivity contribution in [3.8, 4) is 0 Å². The molecule has 0 saturated carbocycles. The monoisotopic (exact) mass is 188 g/mol. The van der Waals surface area contributed by atoms with Gasteiger partial charge in [0.1, 0.15) is 0 Å². The van der Waals surface area contributed by atoms with E-state index in [4.69, 9.17) is 16.9 Å². The zero-order chi connectivity index (χ0) is 8.27. The van der Waals surface area contributed by atoms with Crippen LogP contribution >= 0.6 is 11.6 Å². The summed E-state index contributed by atoms with van der Waals surface area (Å²) < 4.78 is 0. The first kappa shape index (κ1) is 10.9. The van der Waals surface area contributed by atoms with E-state index in [0.717, 1.165) is 0 Å². The molecule has 0 radical (unpaired) electrons. The lowest BCUT2D eigenvalue weighted by Crippen LogP contribution is -2.01. The van der Waals surface area contributed by atoms with Gasteiger partial charge in [-0.15, -0.1) is 0 Å². The quantitative estimate of drug-likeness (QED) is 0.544. The van der Waals surface area contributed by atoms with Gasteiger partial charge in [0.2, 0.25) is 0 Å². The summed E-state index contributed by atoms with van der Waals surface area (Å²) in [6, 6.07) is 6.29. The van der Waals surface area contributed by atoms with Gasteiger partial charge in [-0.3, -0.25) is 4.89 Å². The summed E-state index contributed by atoms with van der Waals surface area (Å²) in [4.78, 5) is 14.2. The van der Waals surface area contributed by atoms with Crippen molar-refractivity contribution in [3.05, 3.63) is 34.9 Å². The zero-order valence-corrected chi connectivity index (χ0v) is 6.21. The molecule has 0 aliphatic carbocycles. The smallest absolute Gasteiger partial charge is 0.295 e. The van der Waals surface area contributed by atoms with Crippen molar-refractivity contribution >= 4 is 17.6 Å². The summed E-state index contributed by atoms with van der Waals surface area (Å²) in [5.74, 6) is -0.851. The third-order valence-electron chi connectivity index (χ3n) is 1.18. The predicted octanol–water partition coefficient (Wildman–Crippen LogP) is 2.61. The first-order valence-corrected chi connectivity index (χ1v) is 3.24. The van der Waals surface area contributed by atoms with Crippen LogP contribution in [0, 0.1) is 0 Å². The highest BCUT2D eigenvalue weighted by molar-refractivity contribution is 6.33. The molecule has 4 heteroatoms. The fourth-order valence-corrected chi connectivity index (χ4v) is 0.889. The molecule has 0 atom stereocenters. The first-order chi connectivity index (χ1) is 5.25. The molecule has 0 fully saturated rings. The van der Waals surface area contributed by atoms with Gasteiger partial charge in [-0.2, -0.15) is 5.26 Å². The van der Waals surface area contributed by atoms with E-state index in [-0.39, 0.29) is 18.0 Å². The predicted molar refractivity (Wildman–Crippen MR) is 46.2 cm³/mol. The number of benzene rings is 1. The molecule has 12 heavy (non-hydrogen) atoms. The Kier molecular flexibility index (Phi) is 4.33. The SMILES string of the molecule is C.O=C(OO)c1ccccc1Cl. The molecule has 0 amide bonds. The molecule has 0 bridgehead atoms. The fourth-order valence-electron chi connectivity index (χ4n) is 0.676. The molecule has 0 aliphatic heterocycles. The highest BCUT2D eigenvalue weighted by atomic mass is 35.5. The summed E-state index contributed by atoms with van der Waals surface area (Å²) >= 11 is 5.59. The maximum atomic E-state index is 10.7. The van der Waals surface area contributed by atoms with E-state index in [2.05, 4.69) is 4.89 Å². The van der Waals surface area contributed by atoms with Crippen molar-refractivity contribution in [2.45, 2.75) is 7.43 Å². The second-order valence-electron chi connectivity index (χ2n) is 1.86. The minimum atomic E-state index is -0.851. The molecule has 0 saturated heterocycles. The highest BCUT2D eigenvalue weighted by Gasteiger charge is 2.09. The van der Waals surface area contributed by atoms with Crippen LogP contribution in [-0.2, 0) is 4.89 Å². The highest BCUT2D eigenvalue weighted by Crippen LogP contribution is 2.14. The Bertz CT molecular complexity index is 273. The second-order valence-corrected chi connectivity index (χ2v) is 2.27. The van der Waals surface area contributed by atoms with E-state index >= 15 is 0 Å². The van der Waals surface area contributed by atoms with Gasteiger partial charge in [-0.25, -0.2) is 4.79 Å². The third kappa shape index (κ3) is 2.22. The van der Waals surface area contributed by atoms with Crippen LogP contribution in [-0.4, -0.2) is 11.2 Å². The molecule has 1 aromatic carbocycles. The molecular formula is C8H9ClO3. The average Bonchev–Trinajstić information content (AvgIpc) is 2.04. The molecule has 1 N–H and O–H groups in total. The van der Waals surface area contributed by atoms with Crippen LogP contribution in [0.1, 0.15) is 17.8 Å².